The molecule has 0 spiro atoms. The SMILES string of the molecule is [C-]#[N+]c1ccc(C2(c3ccc([N+]#[C-])cc3)c3ccccc3-c3c(-c4ccc(N(c5ccc(-c6cccc7c6oc6ccccc67)cc5)c5ccc(-c6cccc7c6oc6ccccc67)cc5)cc4)cccc32)cc1. The van der Waals surface area contributed by atoms with Gasteiger partial charge < -0.3 is 13.7 Å². The third-order valence-electron chi connectivity index (χ3n) is 15.0. The molecule has 0 saturated carbocycles. The van der Waals surface area contributed by atoms with E-state index in [0.717, 1.165) is 122 Å². The number of fused-ring (bicyclic) bond motifs is 9. The van der Waals surface area contributed by atoms with Gasteiger partial charge in [-0.2, -0.15) is 0 Å². The zero-order chi connectivity index (χ0) is 49.3. The molecule has 0 unspecified atom stereocenters. The molecule has 0 fully saturated rings. The molecule has 1 aliphatic rings. The summed E-state index contributed by atoms with van der Waals surface area (Å²) in [7, 11) is 0. The molecule has 0 N–H and O–H groups in total. The van der Waals surface area contributed by atoms with Gasteiger partial charge in [-0.1, -0.05) is 200 Å². The van der Waals surface area contributed by atoms with Crippen LogP contribution in [0.15, 0.2) is 258 Å². The van der Waals surface area contributed by atoms with Crippen LogP contribution in [0, 0.1) is 13.1 Å². The Labute approximate surface area is 427 Å². The van der Waals surface area contributed by atoms with Crippen LogP contribution in [0.5, 0.6) is 0 Å². The Morgan fingerprint density at radius 3 is 1.19 bits per heavy atom. The molecule has 74 heavy (non-hydrogen) atoms. The van der Waals surface area contributed by atoms with Crippen LogP contribution in [0.4, 0.5) is 28.4 Å². The third-order valence-corrected chi connectivity index (χ3v) is 15.0. The minimum absolute atomic E-state index is 0.592. The van der Waals surface area contributed by atoms with Gasteiger partial charge >= 0.3 is 0 Å². The summed E-state index contributed by atoms with van der Waals surface area (Å²) in [5.74, 6) is 0. The molecule has 11 aromatic carbocycles. The quantitative estimate of drug-likeness (QED) is 0.143. The predicted octanol–water partition coefficient (Wildman–Crippen LogP) is 19.4. The molecule has 13 aromatic rings. The summed E-state index contributed by atoms with van der Waals surface area (Å²) >= 11 is 0. The fourth-order valence-corrected chi connectivity index (χ4v) is 11.7. The van der Waals surface area contributed by atoms with Crippen molar-refractivity contribution in [1.29, 1.82) is 0 Å². The molecule has 344 valence electrons. The first-order chi connectivity index (χ1) is 36.6. The van der Waals surface area contributed by atoms with Crippen molar-refractivity contribution < 1.29 is 8.83 Å². The van der Waals surface area contributed by atoms with Gasteiger partial charge in [0.1, 0.15) is 22.3 Å². The highest BCUT2D eigenvalue weighted by Gasteiger charge is 2.46. The van der Waals surface area contributed by atoms with E-state index in [-0.39, 0.29) is 0 Å². The molecule has 14 rings (SSSR count). The van der Waals surface area contributed by atoms with Crippen molar-refractivity contribution in [3.8, 4) is 44.5 Å². The number of nitrogens with zero attached hydrogens (tertiary/aromatic N) is 3. The Kier molecular flexibility index (Phi) is 9.80. The maximum Gasteiger partial charge on any atom is 0.187 e. The molecular formula is C69H41N3O2. The Hall–Kier alpha value is -10.2. The summed E-state index contributed by atoms with van der Waals surface area (Å²) in [5, 5.41) is 4.43. The van der Waals surface area contributed by atoms with Crippen molar-refractivity contribution in [3.63, 3.8) is 0 Å². The molecule has 5 nitrogen and oxygen atoms in total. The zero-order valence-electron chi connectivity index (χ0n) is 39.8. The molecule has 1 aliphatic carbocycles. The van der Waals surface area contributed by atoms with Crippen LogP contribution in [0.1, 0.15) is 22.3 Å². The Balaban J connectivity index is 0.893. The molecule has 0 bridgehead atoms. The molecule has 0 amide bonds. The van der Waals surface area contributed by atoms with Crippen molar-refractivity contribution in [1.82, 2.24) is 0 Å². The lowest BCUT2D eigenvalue weighted by Gasteiger charge is -2.34. The number of hydrogen-bond acceptors (Lipinski definition) is 3. The lowest BCUT2D eigenvalue weighted by atomic mass is 9.67. The summed E-state index contributed by atoms with van der Waals surface area (Å²) in [5.41, 5.74) is 20.3. The summed E-state index contributed by atoms with van der Waals surface area (Å²) in [6.45, 7) is 15.5. The lowest BCUT2D eigenvalue weighted by Crippen LogP contribution is -2.28. The Bertz CT molecular complexity index is 4200. The number of anilines is 3. The zero-order valence-corrected chi connectivity index (χ0v) is 39.8. The first-order valence-corrected chi connectivity index (χ1v) is 24.7. The van der Waals surface area contributed by atoms with Gasteiger partial charge in [-0.05, 0) is 104 Å². The molecule has 0 aliphatic heterocycles. The molecule has 0 atom stereocenters. The lowest BCUT2D eigenvalue weighted by molar-refractivity contribution is 0.669. The van der Waals surface area contributed by atoms with E-state index in [4.69, 9.17) is 22.0 Å². The normalized spacial score (nSPS) is 12.4. The second-order valence-electron chi connectivity index (χ2n) is 18.9. The summed E-state index contributed by atoms with van der Waals surface area (Å²) in [6, 6.07) is 87.0. The summed E-state index contributed by atoms with van der Waals surface area (Å²) in [6.07, 6.45) is 0. The summed E-state index contributed by atoms with van der Waals surface area (Å²) in [4.78, 5) is 9.77. The van der Waals surface area contributed by atoms with Gasteiger partial charge in [-0.3, -0.25) is 0 Å². The third kappa shape index (κ3) is 6.55. The minimum atomic E-state index is -0.690. The van der Waals surface area contributed by atoms with Crippen molar-refractivity contribution in [2.24, 2.45) is 0 Å². The van der Waals surface area contributed by atoms with Gasteiger partial charge in [-0.25, -0.2) is 9.69 Å². The topological polar surface area (TPSA) is 38.2 Å². The van der Waals surface area contributed by atoms with E-state index in [1.807, 2.05) is 48.5 Å². The molecule has 0 saturated heterocycles. The van der Waals surface area contributed by atoms with Crippen LogP contribution >= 0.6 is 0 Å². The fraction of sp³-hybridized carbons (Fsp3) is 0.0145. The van der Waals surface area contributed by atoms with E-state index in [9.17, 15) is 0 Å². The van der Waals surface area contributed by atoms with E-state index >= 15 is 0 Å². The highest BCUT2D eigenvalue weighted by atomic mass is 16.3. The van der Waals surface area contributed by atoms with Gasteiger partial charge in [0.15, 0.2) is 11.4 Å². The van der Waals surface area contributed by atoms with Crippen LogP contribution < -0.4 is 4.90 Å². The number of benzene rings is 11. The Morgan fingerprint density at radius 2 is 0.703 bits per heavy atom. The molecule has 2 aromatic heterocycles. The highest BCUT2D eigenvalue weighted by molar-refractivity contribution is 6.11. The standard InChI is InChI=1S/C69H41N3O2/c1-70-49-34-30-47(31-35-49)69(48-32-36-50(71-2)37-33-48)62-20-6-3-14-61(62)66-54(15-11-21-63(66)69)44-24-38-51(39-25-44)72(52-40-26-45(27-41-52)55-16-9-18-59-57-12-4-7-22-64(57)73-67(55)59)53-42-28-46(29-43-53)56-17-10-19-60-58-13-5-8-23-65(58)74-68(56)60/h3-43H. The maximum atomic E-state index is 7.73. The monoisotopic (exact) mass is 943 g/mol. The smallest absolute Gasteiger partial charge is 0.187 e. The van der Waals surface area contributed by atoms with Gasteiger partial charge in [0.2, 0.25) is 0 Å². The Morgan fingerprint density at radius 1 is 0.324 bits per heavy atom. The number of hydrogen-bond donors (Lipinski definition) is 0. The van der Waals surface area contributed by atoms with E-state index in [1.165, 1.54) is 5.56 Å². The first kappa shape index (κ1) is 42.7. The predicted molar refractivity (Wildman–Crippen MR) is 302 cm³/mol. The largest absolute Gasteiger partial charge is 0.455 e. The van der Waals surface area contributed by atoms with Crippen LogP contribution in [-0.4, -0.2) is 0 Å². The minimum Gasteiger partial charge on any atom is -0.455 e. The number of rotatable bonds is 8. The number of furan rings is 2. The summed E-state index contributed by atoms with van der Waals surface area (Å²) < 4.78 is 13.0. The van der Waals surface area contributed by atoms with Crippen LogP contribution in [0.3, 0.4) is 0 Å². The first-order valence-electron chi connectivity index (χ1n) is 24.7. The van der Waals surface area contributed by atoms with Crippen LogP contribution in [0.25, 0.3) is 98.1 Å². The highest BCUT2D eigenvalue weighted by Crippen LogP contribution is 2.58. The molecule has 5 heteroatoms. The average molecular weight is 944 g/mol. The second-order valence-corrected chi connectivity index (χ2v) is 18.9. The van der Waals surface area contributed by atoms with Gasteiger partial charge in [0.25, 0.3) is 0 Å². The molecule has 0 radical (unpaired) electrons. The molecule has 2 heterocycles. The molecular weight excluding hydrogens is 903 g/mol. The van der Waals surface area contributed by atoms with Gasteiger partial charge in [0, 0.05) is 49.7 Å². The average Bonchev–Trinajstić information content (AvgIpc) is 4.16. The number of para-hydroxylation sites is 4. The fourth-order valence-electron chi connectivity index (χ4n) is 11.7. The second kappa shape index (κ2) is 17.0. The van der Waals surface area contributed by atoms with E-state index < -0.39 is 5.41 Å². The van der Waals surface area contributed by atoms with Crippen LogP contribution in [0.2, 0.25) is 0 Å². The van der Waals surface area contributed by atoms with Gasteiger partial charge in [0.05, 0.1) is 18.6 Å². The van der Waals surface area contributed by atoms with Crippen molar-refractivity contribution in [2.45, 2.75) is 5.41 Å². The van der Waals surface area contributed by atoms with Gasteiger partial charge in [-0.15, -0.1) is 0 Å². The van der Waals surface area contributed by atoms with Crippen molar-refractivity contribution in [2.75, 3.05) is 4.90 Å². The van der Waals surface area contributed by atoms with E-state index in [2.05, 4.69) is 215 Å². The van der Waals surface area contributed by atoms with Crippen molar-refractivity contribution >= 4 is 72.3 Å². The van der Waals surface area contributed by atoms with E-state index in [1.54, 1.807) is 0 Å². The van der Waals surface area contributed by atoms with Crippen LogP contribution in [-0.2, 0) is 5.41 Å². The van der Waals surface area contributed by atoms with E-state index in [0.29, 0.717) is 11.4 Å². The van der Waals surface area contributed by atoms with Crippen molar-refractivity contribution in [3.05, 3.63) is 294 Å². The maximum absolute atomic E-state index is 7.73.